The lowest BCUT2D eigenvalue weighted by Crippen LogP contribution is -2.35. The highest BCUT2D eigenvalue weighted by molar-refractivity contribution is 5.18. The molecule has 2 fully saturated rings. The van der Waals surface area contributed by atoms with Gasteiger partial charge in [0.25, 0.3) is 0 Å². The molecule has 0 spiro atoms. The highest BCUT2D eigenvalue weighted by Gasteiger charge is 2.55. The molecular formula is C8H8N2O2. The van der Waals surface area contributed by atoms with Crippen LogP contribution in [0.15, 0.2) is 0 Å². The third-order valence-corrected chi connectivity index (χ3v) is 2.47. The maximum absolute atomic E-state index is 8.88. The van der Waals surface area contributed by atoms with Crippen LogP contribution >= 0.6 is 0 Å². The van der Waals surface area contributed by atoms with Gasteiger partial charge in [-0.25, -0.2) is 0 Å². The van der Waals surface area contributed by atoms with Crippen molar-refractivity contribution in [3.63, 3.8) is 0 Å². The van der Waals surface area contributed by atoms with Gasteiger partial charge in [-0.2, -0.15) is 10.5 Å². The molecule has 2 aliphatic heterocycles. The molecule has 2 rings (SSSR count). The first-order valence-corrected chi connectivity index (χ1v) is 3.89. The molecule has 3 atom stereocenters. The lowest BCUT2D eigenvalue weighted by molar-refractivity contribution is 0.0216. The first-order valence-electron chi connectivity index (χ1n) is 3.89. The monoisotopic (exact) mass is 164 g/mol. The molecule has 2 aliphatic rings. The first-order chi connectivity index (χ1) is 5.82. The Hall–Kier alpha value is -1.10. The predicted octanol–water partition coefficient (Wildman–Crippen LogP) is 0.208. The Bertz CT molecular complexity index is 278. The van der Waals surface area contributed by atoms with E-state index in [1.807, 2.05) is 0 Å². The van der Waals surface area contributed by atoms with Gasteiger partial charge in [0.1, 0.15) is 12.2 Å². The van der Waals surface area contributed by atoms with Crippen LogP contribution in [0, 0.1) is 28.6 Å². The summed E-state index contributed by atoms with van der Waals surface area (Å²) in [5, 5.41) is 17.6. The zero-order valence-electron chi connectivity index (χ0n) is 6.49. The lowest BCUT2D eigenvalue weighted by Gasteiger charge is -2.17. The fraction of sp³-hybridized carbons (Fsp3) is 0.750. The molecule has 0 bridgehead atoms. The van der Waals surface area contributed by atoms with Crippen LogP contribution in [0.3, 0.4) is 0 Å². The number of ether oxygens (including phenoxy) is 2. The Balaban J connectivity index is 2.28. The zero-order valence-corrected chi connectivity index (χ0v) is 6.49. The number of fused-ring (bicyclic) bond motifs is 1. The molecule has 62 valence electrons. The van der Waals surface area contributed by atoms with E-state index in [2.05, 4.69) is 12.1 Å². The van der Waals surface area contributed by atoms with Crippen molar-refractivity contribution in [2.45, 2.75) is 18.1 Å². The van der Waals surface area contributed by atoms with E-state index in [4.69, 9.17) is 20.0 Å². The summed E-state index contributed by atoms with van der Waals surface area (Å²) in [5.41, 5.74) is -0.819. The average Bonchev–Trinajstić information content (AvgIpc) is 2.61. The molecule has 4 nitrogen and oxygen atoms in total. The van der Waals surface area contributed by atoms with E-state index in [1.54, 1.807) is 0 Å². The van der Waals surface area contributed by atoms with Crippen LogP contribution < -0.4 is 0 Å². The van der Waals surface area contributed by atoms with Crippen LogP contribution in [-0.4, -0.2) is 24.9 Å². The minimum atomic E-state index is -0.819. The van der Waals surface area contributed by atoms with Crippen LogP contribution in [0.5, 0.6) is 0 Å². The van der Waals surface area contributed by atoms with Crippen molar-refractivity contribution in [1.82, 2.24) is 0 Å². The summed E-state index contributed by atoms with van der Waals surface area (Å²) < 4.78 is 10.6. The molecule has 4 heteroatoms. The lowest BCUT2D eigenvalue weighted by atomic mass is 9.92. The molecule has 0 aromatic carbocycles. The highest BCUT2D eigenvalue weighted by atomic mass is 16.6. The Kier molecular flexibility index (Phi) is 1.54. The second kappa shape index (κ2) is 2.45. The second-order valence-corrected chi connectivity index (χ2v) is 3.09. The van der Waals surface area contributed by atoms with Gasteiger partial charge in [-0.3, -0.25) is 0 Å². The van der Waals surface area contributed by atoms with Crippen molar-refractivity contribution in [1.29, 1.82) is 10.5 Å². The largest absolute Gasteiger partial charge is 0.372 e. The Labute approximate surface area is 70.3 Å². The number of hydrogen-bond acceptors (Lipinski definition) is 4. The number of nitrogens with zero attached hydrogens (tertiary/aromatic N) is 2. The van der Waals surface area contributed by atoms with Crippen molar-refractivity contribution < 1.29 is 9.47 Å². The SMILES string of the molecule is N#CC1COC2(C#N)CCOC12. The summed E-state index contributed by atoms with van der Waals surface area (Å²) in [6, 6.07) is 4.20. The van der Waals surface area contributed by atoms with E-state index in [1.165, 1.54) is 0 Å². The molecule has 0 radical (unpaired) electrons. The Morgan fingerprint density at radius 1 is 1.42 bits per heavy atom. The molecule has 2 heterocycles. The number of hydrogen-bond donors (Lipinski definition) is 0. The summed E-state index contributed by atoms with van der Waals surface area (Å²) in [4.78, 5) is 0. The van der Waals surface area contributed by atoms with Gasteiger partial charge in [-0.05, 0) is 0 Å². The second-order valence-electron chi connectivity index (χ2n) is 3.09. The molecule has 0 aliphatic carbocycles. The fourth-order valence-electron chi connectivity index (χ4n) is 1.79. The molecule has 0 amide bonds. The summed E-state index contributed by atoms with van der Waals surface area (Å²) in [6.45, 7) is 0.852. The van der Waals surface area contributed by atoms with E-state index in [9.17, 15) is 0 Å². The molecule has 12 heavy (non-hydrogen) atoms. The maximum atomic E-state index is 8.88. The molecule has 3 unspecified atom stereocenters. The van der Waals surface area contributed by atoms with E-state index >= 15 is 0 Å². The van der Waals surface area contributed by atoms with Crippen molar-refractivity contribution in [2.24, 2.45) is 5.92 Å². The summed E-state index contributed by atoms with van der Waals surface area (Å²) >= 11 is 0. The van der Waals surface area contributed by atoms with E-state index < -0.39 is 5.60 Å². The minimum Gasteiger partial charge on any atom is -0.372 e. The minimum absolute atomic E-state index is 0.271. The van der Waals surface area contributed by atoms with Crippen LogP contribution in [0.2, 0.25) is 0 Å². The van der Waals surface area contributed by atoms with Gasteiger partial charge < -0.3 is 9.47 Å². The first kappa shape index (κ1) is 7.54. The van der Waals surface area contributed by atoms with Crippen molar-refractivity contribution >= 4 is 0 Å². The van der Waals surface area contributed by atoms with Crippen LogP contribution in [0.25, 0.3) is 0 Å². The van der Waals surface area contributed by atoms with Gasteiger partial charge in [0.2, 0.25) is 0 Å². The molecule has 2 saturated heterocycles. The van der Waals surface area contributed by atoms with Crippen LogP contribution in [0.1, 0.15) is 6.42 Å². The zero-order chi connectivity index (χ0) is 8.60. The summed E-state index contributed by atoms with van der Waals surface area (Å²) in [6.07, 6.45) is 0.263. The molecule has 0 aromatic rings. The number of nitriles is 2. The predicted molar refractivity (Wildman–Crippen MR) is 37.8 cm³/mol. The third-order valence-electron chi connectivity index (χ3n) is 2.47. The van der Waals surface area contributed by atoms with E-state index in [0.29, 0.717) is 19.6 Å². The normalized spacial score (nSPS) is 44.8. The van der Waals surface area contributed by atoms with Gasteiger partial charge in [0.15, 0.2) is 5.60 Å². The molecule has 0 aromatic heterocycles. The van der Waals surface area contributed by atoms with Gasteiger partial charge >= 0.3 is 0 Å². The smallest absolute Gasteiger partial charge is 0.183 e. The third kappa shape index (κ3) is 0.768. The maximum Gasteiger partial charge on any atom is 0.183 e. The van der Waals surface area contributed by atoms with Gasteiger partial charge in [-0.1, -0.05) is 0 Å². The summed E-state index contributed by atoms with van der Waals surface area (Å²) in [5.74, 6) is -0.271. The Morgan fingerprint density at radius 3 is 2.92 bits per heavy atom. The topological polar surface area (TPSA) is 66.0 Å². The van der Waals surface area contributed by atoms with Crippen molar-refractivity contribution in [3.8, 4) is 12.1 Å². The van der Waals surface area contributed by atoms with E-state index in [0.717, 1.165) is 0 Å². The van der Waals surface area contributed by atoms with Crippen LogP contribution in [-0.2, 0) is 9.47 Å². The van der Waals surface area contributed by atoms with Crippen molar-refractivity contribution in [3.05, 3.63) is 0 Å². The number of rotatable bonds is 0. The Morgan fingerprint density at radius 2 is 2.25 bits per heavy atom. The van der Waals surface area contributed by atoms with E-state index in [-0.39, 0.29) is 12.0 Å². The molecule has 0 N–H and O–H groups in total. The standard InChI is InChI=1S/C8H8N2O2/c9-3-6-4-12-8(5-10)1-2-11-7(6)8/h6-7H,1-2,4H2. The molecular weight excluding hydrogens is 156 g/mol. The van der Waals surface area contributed by atoms with Gasteiger partial charge in [0.05, 0.1) is 25.2 Å². The fourth-order valence-corrected chi connectivity index (χ4v) is 1.79. The molecule has 0 saturated carbocycles. The average molecular weight is 164 g/mol. The van der Waals surface area contributed by atoms with Crippen LogP contribution in [0.4, 0.5) is 0 Å². The quantitative estimate of drug-likeness (QED) is 0.513. The van der Waals surface area contributed by atoms with Gasteiger partial charge in [0, 0.05) is 6.42 Å². The van der Waals surface area contributed by atoms with Gasteiger partial charge in [-0.15, -0.1) is 0 Å². The highest BCUT2D eigenvalue weighted by Crippen LogP contribution is 2.39. The summed E-state index contributed by atoms with van der Waals surface area (Å²) in [7, 11) is 0. The van der Waals surface area contributed by atoms with Crippen molar-refractivity contribution in [2.75, 3.05) is 13.2 Å².